The predicted molar refractivity (Wildman–Crippen MR) is 87.1 cm³/mol. The second-order valence-corrected chi connectivity index (χ2v) is 5.81. The van der Waals surface area contributed by atoms with Crippen molar-refractivity contribution < 1.29 is 9.53 Å². The van der Waals surface area contributed by atoms with Crippen LogP contribution in [0.15, 0.2) is 41.0 Å². The molecule has 1 heterocycles. The predicted octanol–water partition coefficient (Wildman–Crippen LogP) is 4.56. The molecule has 2 aromatic rings. The zero-order valence-electron chi connectivity index (χ0n) is 10.9. The van der Waals surface area contributed by atoms with E-state index in [4.69, 9.17) is 27.9 Å². The fourth-order valence-corrected chi connectivity index (χ4v) is 2.47. The van der Waals surface area contributed by atoms with Crippen molar-refractivity contribution in [3.8, 4) is 5.75 Å². The lowest BCUT2D eigenvalue weighted by Gasteiger charge is -2.16. The number of carbonyl (C=O) groups is 1. The summed E-state index contributed by atoms with van der Waals surface area (Å²) in [7, 11) is 0. The number of hydrogen-bond acceptors (Lipinski definition) is 3. The number of benzene rings is 1. The molecule has 0 aliphatic rings. The van der Waals surface area contributed by atoms with E-state index in [2.05, 4.69) is 26.2 Å². The Morgan fingerprint density at radius 3 is 2.81 bits per heavy atom. The Kier molecular flexibility index (Phi) is 5.45. The van der Waals surface area contributed by atoms with Crippen molar-refractivity contribution >= 4 is 50.7 Å². The first kappa shape index (κ1) is 16.1. The van der Waals surface area contributed by atoms with Gasteiger partial charge in [-0.25, -0.2) is 4.98 Å². The van der Waals surface area contributed by atoms with E-state index in [-0.39, 0.29) is 11.1 Å². The highest BCUT2D eigenvalue weighted by molar-refractivity contribution is 9.10. The van der Waals surface area contributed by atoms with E-state index < -0.39 is 6.10 Å². The zero-order chi connectivity index (χ0) is 15.4. The molecular weight excluding hydrogens is 379 g/mol. The Balaban J connectivity index is 2.04. The highest BCUT2D eigenvalue weighted by Crippen LogP contribution is 2.29. The minimum absolute atomic E-state index is 0.228. The van der Waals surface area contributed by atoms with Crippen molar-refractivity contribution in [2.45, 2.75) is 13.0 Å². The molecule has 0 aliphatic carbocycles. The van der Waals surface area contributed by atoms with Gasteiger partial charge in [0, 0.05) is 11.2 Å². The maximum atomic E-state index is 12.1. The van der Waals surface area contributed by atoms with Gasteiger partial charge in [-0.05, 0) is 53.2 Å². The molecule has 110 valence electrons. The molecule has 1 aromatic carbocycles. The van der Waals surface area contributed by atoms with Gasteiger partial charge in [-0.15, -0.1) is 0 Å². The van der Waals surface area contributed by atoms with E-state index in [1.54, 1.807) is 43.5 Å². The van der Waals surface area contributed by atoms with Crippen molar-refractivity contribution in [3.05, 3.63) is 51.2 Å². The maximum Gasteiger partial charge on any atom is 0.265 e. The smallest absolute Gasteiger partial charge is 0.265 e. The normalized spacial score (nSPS) is 11.8. The lowest BCUT2D eigenvalue weighted by atomic mass is 10.3. The average Bonchev–Trinajstić information content (AvgIpc) is 2.44. The molecular formula is C14H11BrCl2N2O2. The number of carbonyl (C=O) groups excluding carboxylic acids is 1. The minimum atomic E-state index is -0.709. The molecule has 0 unspecified atom stereocenters. The zero-order valence-corrected chi connectivity index (χ0v) is 14.0. The fourth-order valence-electron chi connectivity index (χ4n) is 1.53. The van der Waals surface area contributed by atoms with Crippen molar-refractivity contribution in [2.24, 2.45) is 0 Å². The molecule has 1 N–H and O–H groups in total. The van der Waals surface area contributed by atoms with Gasteiger partial charge in [-0.2, -0.15) is 0 Å². The SMILES string of the molecule is C[C@@H](Oc1ccc(Cl)cc1Br)C(=O)Nc1cccnc1Cl. The summed E-state index contributed by atoms with van der Waals surface area (Å²) in [6.07, 6.45) is 0.835. The summed E-state index contributed by atoms with van der Waals surface area (Å²) in [5.41, 5.74) is 0.440. The Morgan fingerprint density at radius 1 is 1.38 bits per heavy atom. The monoisotopic (exact) mass is 388 g/mol. The first-order valence-electron chi connectivity index (χ1n) is 6.00. The fraction of sp³-hybridized carbons (Fsp3) is 0.143. The van der Waals surface area contributed by atoms with Crippen LogP contribution in [0.4, 0.5) is 5.69 Å². The third kappa shape index (κ3) is 4.33. The molecule has 1 amide bonds. The van der Waals surface area contributed by atoms with Crippen LogP contribution in [0.25, 0.3) is 0 Å². The van der Waals surface area contributed by atoms with E-state index >= 15 is 0 Å². The molecule has 0 fully saturated rings. The molecule has 0 bridgehead atoms. The summed E-state index contributed by atoms with van der Waals surface area (Å²) in [4.78, 5) is 16.0. The van der Waals surface area contributed by atoms with Gasteiger partial charge in [0.25, 0.3) is 5.91 Å². The van der Waals surface area contributed by atoms with E-state index in [1.165, 1.54) is 0 Å². The largest absolute Gasteiger partial charge is 0.480 e. The van der Waals surface area contributed by atoms with Crippen LogP contribution < -0.4 is 10.1 Å². The lowest BCUT2D eigenvalue weighted by molar-refractivity contribution is -0.122. The minimum Gasteiger partial charge on any atom is -0.480 e. The molecule has 2 rings (SSSR count). The highest BCUT2D eigenvalue weighted by Gasteiger charge is 2.17. The van der Waals surface area contributed by atoms with Crippen LogP contribution in [-0.4, -0.2) is 17.0 Å². The van der Waals surface area contributed by atoms with Crippen molar-refractivity contribution in [3.63, 3.8) is 0 Å². The number of pyridine rings is 1. The number of rotatable bonds is 4. The molecule has 0 saturated carbocycles. The summed E-state index contributed by atoms with van der Waals surface area (Å²) >= 11 is 15.1. The van der Waals surface area contributed by atoms with Gasteiger partial charge in [0.2, 0.25) is 0 Å². The Hall–Kier alpha value is -1.30. The van der Waals surface area contributed by atoms with Crippen LogP contribution in [0.2, 0.25) is 10.2 Å². The number of anilines is 1. The standard InChI is InChI=1S/C14H11BrCl2N2O2/c1-8(21-12-5-4-9(16)7-10(12)15)14(20)19-11-3-2-6-18-13(11)17/h2-8H,1H3,(H,19,20)/t8-/m1/s1. The molecule has 0 spiro atoms. The van der Waals surface area contributed by atoms with Gasteiger partial charge >= 0.3 is 0 Å². The van der Waals surface area contributed by atoms with Gasteiger partial charge in [0.05, 0.1) is 10.2 Å². The Bertz CT molecular complexity index is 667. The lowest BCUT2D eigenvalue weighted by Crippen LogP contribution is -2.30. The van der Waals surface area contributed by atoms with Gasteiger partial charge in [0.15, 0.2) is 11.3 Å². The number of hydrogen-bond donors (Lipinski definition) is 1. The van der Waals surface area contributed by atoms with Crippen LogP contribution in [-0.2, 0) is 4.79 Å². The molecule has 0 radical (unpaired) electrons. The van der Waals surface area contributed by atoms with Gasteiger partial charge < -0.3 is 10.1 Å². The number of nitrogens with one attached hydrogen (secondary N) is 1. The number of amides is 1. The Labute approximate surface area is 140 Å². The van der Waals surface area contributed by atoms with Gasteiger partial charge in [-0.1, -0.05) is 23.2 Å². The summed E-state index contributed by atoms with van der Waals surface area (Å²) in [6, 6.07) is 8.41. The number of ether oxygens (including phenoxy) is 1. The van der Waals surface area contributed by atoms with E-state index in [9.17, 15) is 4.79 Å². The first-order valence-corrected chi connectivity index (χ1v) is 7.55. The topological polar surface area (TPSA) is 51.2 Å². The van der Waals surface area contributed by atoms with E-state index in [0.29, 0.717) is 20.9 Å². The third-order valence-corrected chi connectivity index (χ3v) is 3.74. The maximum absolute atomic E-state index is 12.1. The average molecular weight is 390 g/mol. The van der Waals surface area contributed by atoms with E-state index in [1.807, 2.05) is 0 Å². The van der Waals surface area contributed by atoms with Crippen LogP contribution in [0.5, 0.6) is 5.75 Å². The van der Waals surface area contributed by atoms with Gasteiger partial charge in [0.1, 0.15) is 5.75 Å². The second-order valence-electron chi connectivity index (χ2n) is 4.17. The summed E-state index contributed by atoms with van der Waals surface area (Å²) in [5.74, 6) is 0.200. The molecule has 7 heteroatoms. The molecule has 0 aliphatic heterocycles. The summed E-state index contributed by atoms with van der Waals surface area (Å²) < 4.78 is 6.27. The van der Waals surface area contributed by atoms with Crippen LogP contribution >= 0.6 is 39.1 Å². The van der Waals surface area contributed by atoms with E-state index in [0.717, 1.165) is 0 Å². The molecule has 4 nitrogen and oxygen atoms in total. The second kappa shape index (κ2) is 7.11. The molecule has 0 saturated heterocycles. The van der Waals surface area contributed by atoms with Crippen molar-refractivity contribution in [1.29, 1.82) is 0 Å². The number of aromatic nitrogens is 1. The quantitative estimate of drug-likeness (QED) is 0.780. The van der Waals surface area contributed by atoms with Crippen LogP contribution in [0.1, 0.15) is 6.92 Å². The molecule has 21 heavy (non-hydrogen) atoms. The summed E-state index contributed by atoms with van der Waals surface area (Å²) in [5, 5.41) is 3.47. The molecule has 1 atom stereocenters. The third-order valence-electron chi connectivity index (χ3n) is 2.58. The highest BCUT2D eigenvalue weighted by atomic mass is 79.9. The van der Waals surface area contributed by atoms with Crippen molar-refractivity contribution in [2.75, 3.05) is 5.32 Å². The van der Waals surface area contributed by atoms with Gasteiger partial charge in [-0.3, -0.25) is 4.79 Å². The Morgan fingerprint density at radius 2 is 2.14 bits per heavy atom. The van der Waals surface area contributed by atoms with Crippen LogP contribution in [0, 0.1) is 0 Å². The number of halogens is 3. The number of nitrogens with zero attached hydrogens (tertiary/aromatic N) is 1. The first-order chi connectivity index (χ1) is 9.97. The van der Waals surface area contributed by atoms with Crippen molar-refractivity contribution in [1.82, 2.24) is 4.98 Å². The van der Waals surface area contributed by atoms with Crippen LogP contribution in [0.3, 0.4) is 0 Å². The molecule has 1 aromatic heterocycles. The summed E-state index contributed by atoms with van der Waals surface area (Å²) in [6.45, 7) is 1.64.